The lowest BCUT2D eigenvalue weighted by Crippen LogP contribution is -2.47. The third-order valence-corrected chi connectivity index (χ3v) is 5.59. The van der Waals surface area contributed by atoms with E-state index in [1.165, 1.54) is 0 Å². The Balaban J connectivity index is 2.04. The smallest absolute Gasteiger partial charge is 0.310 e. The van der Waals surface area contributed by atoms with Crippen molar-refractivity contribution in [2.45, 2.75) is 71.6 Å². The van der Waals surface area contributed by atoms with Crippen LogP contribution in [0.5, 0.6) is 0 Å². The Bertz CT molecular complexity index is 305. The van der Waals surface area contributed by atoms with Gasteiger partial charge in [-0.05, 0) is 23.7 Å². The highest BCUT2D eigenvalue weighted by Crippen LogP contribution is 2.63. The maximum absolute atomic E-state index is 13.0. The van der Waals surface area contributed by atoms with Gasteiger partial charge in [0.2, 0.25) is 0 Å². The van der Waals surface area contributed by atoms with Crippen molar-refractivity contribution >= 4 is 0 Å². The van der Waals surface area contributed by atoms with Crippen LogP contribution in [0.3, 0.4) is 0 Å². The molecule has 0 heterocycles. The molecule has 0 aromatic carbocycles. The first-order valence-corrected chi connectivity index (χ1v) is 6.91. The molecule has 106 valence electrons. The van der Waals surface area contributed by atoms with Gasteiger partial charge in [-0.15, -0.1) is 0 Å². The quantitative estimate of drug-likeness (QED) is 0.789. The Kier molecular flexibility index (Phi) is 3.24. The number of hydrogen-bond acceptors (Lipinski definition) is 1. The molecule has 0 saturated heterocycles. The van der Waals surface area contributed by atoms with E-state index in [-0.39, 0.29) is 29.3 Å². The SMILES string of the molecule is CC1(C)C(NC2CCCCC2C(F)(F)F)C1(C)C. The number of nitrogens with one attached hydrogen (secondary N) is 1. The van der Waals surface area contributed by atoms with Crippen LogP contribution < -0.4 is 5.32 Å². The molecule has 0 spiro atoms. The predicted octanol–water partition coefficient (Wildman–Crippen LogP) is 4.13. The normalized spacial score (nSPS) is 35.5. The molecule has 0 aliphatic heterocycles. The lowest BCUT2D eigenvalue weighted by Gasteiger charge is -2.34. The van der Waals surface area contributed by atoms with Gasteiger partial charge in [0.25, 0.3) is 0 Å². The van der Waals surface area contributed by atoms with Crippen LogP contribution in [0.1, 0.15) is 53.4 Å². The molecule has 2 atom stereocenters. The van der Waals surface area contributed by atoms with Gasteiger partial charge in [0.1, 0.15) is 0 Å². The zero-order valence-corrected chi connectivity index (χ0v) is 11.7. The summed E-state index contributed by atoms with van der Waals surface area (Å²) in [4.78, 5) is 0. The van der Waals surface area contributed by atoms with Crippen LogP contribution >= 0.6 is 0 Å². The molecule has 1 nitrogen and oxygen atoms in total. The van der Waals surface area contributed by atoms with Crippen molar-refractivity contribution in [1.29, 1.82) is 0 Å². The van der Waals surface area contributed by atoms with Crippen LogP contribution in [0.2, 0.25) is 0 Å². The average Bonchev–Trinajstić information content (AvgIpc) is 2.60. The summed E-state index contributed by atoms with van der Waals surface area (Å²) >= 11 is 0. The van der Waals surface area contributed by atoms with Crippen molar-refractivity contribution in [2.75, 3.05) is 0 Å². The maximum atomic E-state index is 13.0. The molecule has 2 aliphatic rings. The Labute approximate surface area is 108 Å². The van der Waals surface area contributed by atoms with E-state index in [2.05, 4.69) is 33.0 Å². The van der Waals surface area contributed by atoms with Crippen LogP contribution in [-0.2, 0) is 0 Å². The molecule has 0 bridgehead atoms. The fourth-order valence-corrected chi connectivity index (χ4v) is 3.55. The monoisotopic (exact) mass is 263 g/mol. The minimum atomic E-state index is -4.05. The number of alkyl halides is 3. The van der Waals surface area contributed by atoms with Crippen molar-refractivity contribution in [3.05, 3.63) is 0 Å². The van der Waals surface area contributed by atoms with Gasteiger partial charge in [-0.3, -0.25) is 0 Å². The molecule has 4 heteroatoms. The van der Waals surface area contributed by atoms with Crippen molar-refractivity contribution in [3.8, 4) is 0 Å². The van der Waals surface area contributed by atoms with Crippen molar-refractivity contribution in [3.63, 3.8) is 0 Å². The highest BCUT2D eigenvalue weighted by molar-refractivity contribution is 5.18. The predicted molar refractivity (Wildman–Crippen MR) is 66.3 cm³/mol. The van der Waals surface area contributed by atoms with Crippen molar-refractivity contribution in [1.82, 2.24) is 5.32 Å². The summed E-state index contributed by atoms with van der Waals surface area (Å²) < 4.78 is 39.0. The topological polar surface area (TPSA) is 12.0 Å². The fourth-order valence-electron chi connectivity index (χ4n) is 3.55. The molecule has 1 N–H and O–H groups in total. The molecule has 0 aromatic rings. The van der Waals surface area contributed by atoms with E-state index in [4.69, 9.17) is 0 Å². The molecule has 0 amide bonds. The molecule has 2 saturated carbocycles. The van der Waals surface area contributed by atoms with Gasteiger partial charge in [-0.2, -0.15) is 13.2 Å². The van der Waals surface area contributed by atoms with Gasteiger partial charge in [-0.1, -0.05) is 40.5 Å². The first-order chi connectivity index (χ1) is 8.08. The van der Waals surface area contributed by atoms with E-state index in [0.717, 1.165) is 6.42 Å². The molecule has 2 unspecified atom stereocenters. The van der Waals surface area contributed by atoms with Gasteiger partial charge in [0, 0.05) is 12.1 Å². The van der Waals surface area contributed by atoms with E-state index in [0.29, 0.717) is 12.8 Å². The summed E-state index contributed by atoms with van der Waals surface area (Å²) in [6.45, 7) is 8.54. The van der Waals surface area contributed by atoms with Crippen LogP contribution in [0.25, 0.3) is 0 Å². The number of hydrogen-bond donors (Lipinski definition) is 1. The second-order valence-corrected chi connectivity index (χ2v) is 7.08. The minimum Gasteiger partial charge on any atom is -0.310 e. The third kappa shape index (κ3) is 2.17. The van der Waals surface area contributed by atoms with Gasteiger partial charge in [0.05, 0.1) is 5.92 Å². The maximum Gasteiger partial charge on any atom is 0.393 e. The lowest BCUT2D eigenvalue weighted by atomic mass is 9.83. The summed E-state index contributed by atoms with van der Waals surface area (Å²) in [5, 5.41) is 3.31. The lowest BCUT2D eigenvalue weighted by molar-refractivity contribution is -0.189. The number of halogens is 3. The van der Waals surface area contributed by atoms with Gasteiger partial charge >= 0.3 is 6.18 Å². The zero-order valence-electron chi connectivity index (χ0n) is 11.7. The average molecular weight is 263 g/mol. The highest BCUT2D eigenvalue weighted by atomic mass is 19.4. The van der Waals surface area contributed by atoms with E-state index in [1.54, 1.807) is 0 Å². The molecule has 2 aliphatic carbocycles. The minimum absolute atomic E-state index is 0.0978. The fraction of sp³-hybridized carbons (Fsp3) is 1.00. The van der Waals surface area contributed by atoms with Gasteiger partial charge < -0.3 is 5.32 Å². The van der Waals surface area contributed by atoms with Gasteiger partial charge in [0.15, 0.2) is 0 Å². The van der Waals surface area contributed by atoms with Gasteiger partial charge in [-0.25, -0.2) is 0 Å². The summed E-state index contributed by atoms with van der Waals surface area (Å²) in [5.41, 5.74) is 0.196. The second kappa shape index (κ2) is 4.12. The van der Waals surface area contributed by atoms with E-state index < -0.39 is 12.1 Å². The van der Waals surface area contributed by atoms with Crippen LogP contribution in [0, 0.1) is 16.7 Å². The summed E-state index contributed by atoms with van der Waals surface area (Å²) in [5.74, 6) is -1.15. The van der Waals surface area contributed by atoms with E-state index in [9.17, 15) is 13.2 Å². The molecule has 0 aromatic heterocycles. The highest BCUT2D eigenvalue weighted by Gasteiger charge is 2.65. The Morgan fingerprint density at radius 1 is 0.944 bits per heavy atom. The Hall–Kier alpha value is -0.250. The van der Waals surface area contributed by atoms with Crippen LogP contribution in [-0.4, -0.2) is 18.3 Å². The van der Waals surface area contributed by atoms with E-state index in [1.807, 2.05) is 0 Å². The third-order valence-electron chi connectivity index (χ3n) is 5.59. The number of rotatable bonds is 2. The Morgan fingerprint density at radius 3 is 1.89 bits per heavy atom. The summed E-state index contributed by atoms with van der Waals surface area (Å²) in [6, 6.07) is -0.178. The standard InChI is InChI=1S/C14H24F3N/c1-12(2)11(13(12,3)4)18-10-8-6-5-7-9(10)14(15,16)17/h9-11,18H,5-8H2,1-4H3. The molecule has 2 fully saturated rings. The molecule has 18 heavy (non-hydrogen) atoms. The van der Waals surface area contributed by atoms with Crippen LogP contribution in [0.4, 0.5) is 13.2 Å². The van der Waals surface area contributed by atoms with E-state index >= 15 is 0 Å². The first-order valence-electron chi connectivity index (χ1n) is 6.91. The van der Waals surface area contributed by atoms with Crippen molar-refractivity contribution in [2.24, 2.45) is 16.7 Å². The molecule has 0 radical (unpaired) electrons. The molecular weight excluding hydrogens is 239 g/mol. The van der Waals surface area contributed by atoms with Crippen LogP contribution in [0.15, 0.2) is 0 Å². The molecule has 2 rings (SSSR count). The largest absolute Gasteiger partial charge is 0.393 e. The first kappa shape index (κ1) is 14.2. The summed E-state index contributed by atoms with van der Waals surface area (Å²) in [7, 11) is 0. The second-order valence-electron chi connectivity index (χ2n) is 7.08. The molecular formula is C14H24F3N. The zero-order chi connectivity index (χ0) is 13.8. The van der Waals surface area contributed by atoms with Crippen molar-refractivity contribution < 1.29 is 13.2 Å². The summed E-state index contributed by atoms with van der Waals surface area (Å²) in [6.07, 6.45) is -1.49. The Morgan fingerprint density at radius 2 is 1.44 bits per heavy atom.